The van der Waals surface area contributed by atoms with E-state index >= 15 is 0 Å². The summed E-state index contributed by atoms with van der Waals surface area (Å²) in [5.74, 6) is 0.434. The van der Waals surface area contributed by atoms with E-state index in [0.29, 0.717) is 0 Å². The van der Waals surface area contributed by atoms with Crippen LogP contribution in [0.1, 0.15) is 24.0 Å². The van der Waals surface area contributed by atoms with E-state index in [1.165, 1.54) is 11.6 Å². The number of benzene rings is 1. The molecule has 3 nitrogen and oxygen atoms in total. The lowest BCUT2D eigenvalue weighted by Crippen LogP contribution is -2.39. The summed E-state index contributed by atoms with van der Waals surface area (Å²) in [6.07, 6.45) is 3.82. The zero-order valence-electron chi connectivity index (χ0n) is 9.55. The van der Waals surface area contributed by atoms with Crippen LogP contribution in [0.2, 0.25) is 0 Å². The van der Waals surface area contributed by atoms with Crippen LogP contribution in [0.3, 0.4) is 0 Å². The maximum Gasteiger partial charge on any atom is 0.124 e. The molecule has 2 N–H and O–H groups in total. The highest BCUT2D eigenvalue weighted by molar-refractivity contribution is 5.68. The van der Waals surface area contributed by atoms with Gasteiger partial charge in [0.2, 0.25) is 0 Å². The van der Waals surface area contributed by atoms with E-state index in [9.17, 15) is 15.0 Å². The summed E-state index contributed by atoms with van der Waals surface area (Å²) < 4.78 is 0. The molecule has 0 radical (unpaired) electrons. The van der Waals surface area contributed by atoms with Gasteiger partial charge in [0.05, 0.1) is 0 Å². The minimum absolute atomic E-state index is 0.0202. The predicted octanol–water partition coefficient (Wildman–Crippen LogP) is 2.13. The summed E-state index contributed by atoms with van der Waals surface area (Å²) in [5.41, 5.74) is 3.00. The van der Waals surface area contributed by atoms with E-state index < -0.39 is 0 Å². The first-order valence-electron chi connectivity index (χ1n) is 5.83. The van der Waals surface area contributed by atoms with Crippen LogP contribution in [0.25, 0.3) is 0 Å². The summed E-state index contributed by atoms with van der Waals surface area (Å²) in [6, 6.07) is 3.03. The number of allylic oxidation sites excluding steroid dienone is 2. The van der Waals surface area contributed by atoms with Crippen LogP contribution >= 0.6 is 0 Å². The van der Waals surface area contributed by atoms with Gasteiger partial charge in [0, 0.05) is 23.5 Å². The van der Waals surface area contributed by atoms with Crippen molar-refractivity contribution in [3.05, 3.63) is 34.9 Å². The lowest BCUT2D eigenvalue weighted by Gasteiger charge is -2.46. The van der Waals surface area contributed by atoms with Gasteiger partial charge in [-0.2, -0.15) is 0 Å². The van der Waals surface area contributed by atoms with Gasteiger partial charge >= 0.3 is 0 Å². The fourth-order valence-corrected chi connectivity index (χ4v) is 3.20. The summed E-state index contributed by atoms with van der Waals surface area (Å²) in [7, 11) is 0. The highest BCUT2D eigenvalue weighted by Crippen LogP contribution is 2.56. The van der Waals surface area contributed by atoms with Gasteiger partial charge in [-0.1, -0.05) is 18.6 Å². The molecule has 0 saturated heterocycles. The molecule has 2 aliphatic carbocycles. The average molecular weight is 230 g/mol. The van der Waals surface area contributed by atoms with Crippen molar-refractivity contribution in [1.29, 1.82) is 0 Å². The zero-order valence-corrected chi connectivity index (χ0v) is 9.55. The third-order valence-corrected chi connectivity index (χ3v) is 4.10. The first-order valence-corrected chi connectivity index (χ1v) is 5.83. The van der Waals surface area contributed by atoms with Crippen molar-refractivity contribution in [2.75, 3.05) is 0 Å². The Bertz CT molecular complexity index is 531. The van der Waals surface area contributed by atoms with Crippen LogP contribution in [0, 0.1) is 11.8 Å². The number of phenolic OH excluding ortho intramolecular Hbond substituents is 2. The third-order valence-electron chi connectivity index (χ3n) is 4.10. The Hall–Kier alpha value is -1.77. The Kier molecular flexibility index (Phi) is 2.05. The van der Waals surface area contributed by atoms with Crippen molar-refractivity contribution in [3.63, 3.8) is 0 Å². The second-order valence-corrected chi connectivity index (χ2v) is 4.93. The van der Waals surface area contributed by atoms with Crippen LogP contribution in [-0.4, -0.2) is 16.5 Å². The van der Waals surface area contributed by atoms with Crippen LogP contribution in [-0.2, 0) is 11.2 Å². The molecule has 0 aromatic heterocycles. The van der Waals surface area contributed by atoms with E-state index in [2.05, 4.69) is 6.08 Å². The molecule has 3 unspecified atom stereocenters. The fraction of sp³-hybridized carbons (Fsp3) is 0.357. The first kappa shape index (κ1) is 10.4. The largest absolute Gasteiger partial charge is 0.508 e. The molecule has 0 amide bonds. The van der Waals surface area contributed by atoms with Crippen molar-refractivity contribution in [1.82, 2.24) is 0 Å². The number of aldehydes is 1. The molecule has 1 aromatic carbocycles. The van der Waals surface area contributed by atoms with Gasteiger partial charge < -0.3 is 15.0 Å². The molecule has 0 aliphatic heterocycles. The molecule has 1 fully saturated rings. The van der Waals surface area contributed by atoms with Crippen LogP contribution in [0.15, 0.2) is 23.8 Å². The summed E-state index contributed by atoms with van der Waals surface area (Å²) >= 11 is 0. The number of hydrogen-bond donors (Lipinski definition) is 2. The van der Waals surface area contributed by atoms with E-state index in [1.807, 2.05) is 6.92 Å². The Balaban J connectivity index is 2.14. The van der Waals surface area contributed by atoms with Crippen molar-refractivity contribution in [3.8, 4) is 11.5 Å². The van der Waals surface area contributed by atoms with Gasteiger partial charge in [0.15, 0.2) is 0 Å². The monoisotopic (exact) mass is 230 g/mol. The van der Waals surface area contributed by atoms with Gasteiger partial charge in [-0.25, -0.2) is 0 Å². The molecule has 3 atom stereocenters. The van der Waals surface area contributed by atoms with Crippen molar-refractivity contribution in [2.24, 2.45) is 11.8 Å². The SMILES string of the molecule is CC1C2=CCc3cc(O)cc(O)c3C2C1C=O. The smallest absolute Gasteiger partial charge is 0.124 e. The third kappa shape index (κ3) is 1.25. The minimum Gasteiger partial charge on any atom is -0.508 e. The lowest BCUT2D eigenvalue weighted by atomic mass is 9.56. The van der Waals surface area contributed by atoms with Gasteiger partial charge in [-0.15, -0.1) is 0 Å². The summed E-state index contributed by atoms with van der Waals surface area (Å²) in [5, 5.41) is 19.4. The number of carbonyl (C=O) groups is 1. The molecule has 17 heavy (non-hydrogen) atoms. The topological polar surface area (TPSA) is 57.5 Å². The fourth-order valence-electron chi connectivity index (χ4n) is 3.20. The molecule has 0 spiro atoms. The number of aromatic hydroxyl groups is 2. The second kappa shape index (κ2) is 3.36. The van der Waals surface area contributed by atoms with Crippen molar-refractivity contribution >= 4 is 6.29 Å². The zero-order chi connectivity index (χ0) is 12.2. The molecule has 3 rings (SSSR count). The normalized spacial score (nSPS) is 29.7. The number of rotatable bonds is 1. The van der Waals surface area contributed by atoms with Crippen molar-refractivity contribution in [2.45, 2.75) is 19.3 Å². The van der Waals surface area contributed by atoms with Crippen molar-refractivity contribution < 1.29 is 15.0 Å². The number of phenols is 2. The number of fused-ring (bicyclic) bond motifs is 3. The number of carbonyl (C=O) groups excluding carboxylic acids is 1. The van der Waals surface area contributed by atoms with Crippen LogP contribution < -0.4 is 0 Å². The maximum absolute atomic E-state index is 11.1. The molecule has 2 aliphatic rings. The Morgan fingerprint density at radius 2 is 2.12 bits per heavy atom. The Labute approximate surface area is 99.4 Å². The van der Waals surface area contributed by atoms with Gasteiger partial charge in [-0.3, -0.25) is 0 Å². The van der Waals surface area contributed by atoms with Crippen LogP contribution in [0.4, 0.5) is 0 Å². The van der Waals surface area contributed by atoms with E-state index in [1.54, 1.807) is 6.07 Å². The molecule has 1 aromatic rings. The van der Waals surface area contributed by atoms with E-state index in [4.69, 9.17) is 0 Å². The standard InChI is InChI=1S/C14H14O3/c1-7-10-3-2-8-4-9(16)5-12(17)13(8)14(10)11(7)6-15/h3-7,11,14,16-17H,2H2,1H3. The molecule has 1 saturated carbocycles. The average Bonchev–Trinajstić information content (AvgIpc) is 2.27. The first-order chi connectivity index (χ1) is 8.13. The predicted molar refractivity (Wildman–Crippen MR) is 63.0 cm³/mol. The molecule has 3 heteroatoms. The molecule has 88 valence electrons. The molecular formula is C14H14O3. The highest BCUT2D eigenvalue weighted by Gasteiger charge is 2.46. The lowest BCUT2D eigenvalue weighted by molar-refractivity contribution is -0.114. The molecule has 0 heterocycles. The highest BCUT2D eigenvalue weighted by atomic mass is 16.3. The molecule has 0 bridgehead atoms. The van der Waals surface area contributed by atoms with Crippen LogP contribution in [0.5, 0.6) is 11.5 Å². The van der Waals surface area contributed by atoms with Gasteiger partial charge in [0.1, 0.15) is 17.8 Å². The second-order valence-electron chi connectivity index (χ2n) is 4.93. The molecular weight excluding hydrogens is 216 g/mol. The Morgan fingerprint density at radius 3 is 2.82 bits per heavy atom. The number of hydrogen-bond acceptors (Lipinski definition) is 3. The quantitative estimate of drug-likeness (QED) is 0.574. The summed E-state index contributed by atoms with van der Waals surface area (Å²) in [4.78, 5) is 11.1. The Morgan fingerprint density at radius 1 is 1.35 bits per heavy atom. The maximum atomic E-state index is 11.1. The minimum atomic E-state index is -0.0456. The van der Waals surface area contributed by atoms with Gasteiger partial charge in [0.25, 0.3) is 0 Å². The van der Waals surface area contributed by atoms with Gasteiger partial charge in [-0.05, 0) is 24.0 Å². The summed E-state index contributed by atoms with van der Waals surface area (Å²) in [6.45, 7) is 2.05. The van der Waals surface area contributed by atoms with E-state index in [-0.39, 0.29) is 29.3 Å². The van der Waals surface area contributed by atoms with E-state index in [0.717, 1.165) is 23.8 Å².